The third-order valence-corrected chi connectivity index (χ3v) is 20.1. The highest BCUT2D eigenvalue weighted by Gasteiger charge is 2.62. The Hall–Kier alpha value is -6.92. The predicted molar refractivity (Wildman–Crippen MR) is 352 cm³/mol. The number of nitrogens with one attached hydrogen (secondary N) is 6. The second-order valence-electron chi connectivity index (χ2n) is 26.4. The lowest BCUT2D eigenvalue weighted by Crippen LogP contribution is -2.57. The molecule has 18 atom stereocenters. The maximum Gasteiger partial charge on any atom is 0.329 e. The number of rotatable bonds is 37. The van der Waals surface area contributed by atoms with Crippen molar-refractivity contribution >= 4 is 82.2 Å². The lowest BCUT2D eigenvalue weighted by molar-refractivity contribution is -0.157. The molecule has 0 aromatic heterocycles. The largest absolute Gasteiger partial charge is 0.458 e. The lowest BCUT2D eigenvalue weighted by Gasteiger charge is -2.30. The van der Waals surface area contributed by atoms with Crippen LogP contribution in [0.25, 0.3) is 0 Å². The molecule has 2 aromatic rings. The average Bonchev–Trinajstić information content (AvgIpc) is 1.58. The smallest absolute Gasteiger partial charge is 0.329 e. The fraction of sp³-hybridized carbons (Fsp3) is 0.657. The molecule has 1 aliphatic carbocycles. The summed E-state index contributed by atoms with van der Waals surface area (Å²) in [7, 11) is 0. The zero-order valence-electron chi connectivity index (χ0n) is 56.9. The second-order valence-corrected chi connectivity index (χ2v) is 27.5. The van der Waals surface area contributed by atoms with E-state index in [1.807, 2.05) is 68.4 Å². The number of hydrogen-bond acceptors (Lipinski definition) is 16. The monoisotopic (exact) mass is 1330 g/mol. The van der Waals surface area contributed by atoms with Gasteiger partial charge in [-0.15, -0.1) is 0 Å². The van der Waals surface area contributed by atoms with Crippen molar-refractivity contribution in [2.75, 3.05) is 13.2 Å². The van der Waals surface area contributed by atoms with E-state index >= 15 is 0 Å². The molecule has 1 spiro atoms. The van der Waals surface area contributed by atoms with Crippen LogP contribution in [0, 0.1) is 59.2 Å². The van der Waals surface area contributed by atoms with Crippen molar-refractivity contribution in [3.8, 4) is 0 Å². The molecule has 24 heteroatoms. The van der Waals surface area contributed by atoms with Crippen molar-refractivity contribution in [3.05, 3.63) is 60.2 Å². The number of primary amides is 1. The molecule has 4 rings (SSSR count). The van der Waals surface area contributed by atoms with Crippen molar-refractivity contribution in [1.29, 1.82) is 0 Å². The summed E-state index contributed by atoms with van der Waals surface area (Å²) in [5.74, 6) is -17.1. The van der Waals surface area contributed by atoms with Crippen LogP contribution in [0.4, 0.5) is 4.39 Å². The Labute approximate surface area is 557 Å². The van der Waals surface area contributed by atoms with Gasteiger partial charge in [-0.25, -0.2) is 9.18 Å². The molecule has 2 aromatic carbocycles. The lowest BCUT2D eigenvalue weighted by atomic mass is 9.83. The highest BCUT2D eigenvalue weighted by molar-refractivity contribution is 7.99. The number of ether oxygens (including phenoxy) is 1. The van der Waals surface area contributed by atoms with Crippen LogP contribution in [0.1, 0.15) is 172 Å². The molecule has 2 fully saturated rings. The molecular weight excluding hydrogens is 1230 g/mol. The number of cyclic esters (lactones) is 1. The molecule has 1 heterocycles. The van der Waals surface area contributed by atoms with Gasteiger partial charge in [-0.2, -0.15) is 0 Å². The predicted octanol–water partition coefficient (Wildman–Crippen LogP) is 6.15. The summed E-state index contributed by atoms with van der Waals surface area (Å²) >= 11 is 1.61. The normalized spacial score (nSPS) is 23.1. The van der Waals surface area contributed by atoms with E-state index in [1.165, 1.54) is 20.8 Å². The van der Waals surface area contributed by atoms with Crippen molar-refractivity contribution in [2.24, 2.45) is 64.9 Å². The number of carbonyl (C=O) groups excluding carboxylic acids is 12. The Balaban J connectivity index is 1.50. The van der Waals surface area contributed by atoms with Gasteiger partial charge in [0.25, 0.3) is 0 Å². The first kappa shape index (κ1) is 79.5. The van der Waals surface area contributed by atoms with E-state index in [4.69, 9.17) is 10.5 Å². The van der Waals surface area contributed by atoms with Gasteiger partial charge < -0.3 is 52.6 Å². The third kappa shape index (κ3) is 22.9. The molecule has 22 nitrogen and oxygen atoms in total. The number of aliphatic hydroxyl groups excluding tert-OH is 2. The van der Waals surface area contributed by atoms with E-state index in [0.29, 0.717) is 38.5 Å². The van der Waals surface area contributed by atoms with Crippen LogP contribution < -0.4 is 37.6 Å². The molecule has 0 radical (unpaired) electrons. The molecular formula is C70H104FN7O15S. The molecule has 1 unspecified atom stereocenters. The Kier molecular flexibility index (Phi) is 32.1. The van der Waals surface area contributed by atoms with Crippen molar-refractivity contribution in [2.45, 2.75) is 231 Å². The first-order chi connectivity index (χ1) is 44.4. The number of Topliss-reactive ketones (excluding diaryl/α,β-unsaturated/α-hetero) is 4. The van der Waals surface area contributed by atoms with E-state index < -0.39 is 205 Å². The highest BCUT2D eigenvalue weighted by Crippen LogP contribution is 2.48. The summed E-state index contributed by atoms with van der Waals surface area (Å²) in [6.45, 7) is 18.2. The first-order valence-electron chi connectivity index (χ1n) is 33.5. The van der Waals surface area contributed by atoms with E-state index in [9.17, 15) is 72.1 Å². The minimum absolute atomic E-state index is 0.0484. The molecule has 522 valence electrons. The zero-order valence-corrected chi connectivity index (χ0v) is 57.7. The number of amides is 7. The van der Waals surface area contributed by atoms with Crippen molar-refractivity contribution < 1.29 is 76.9 Å². The molecule has 0 bridgehead atoms. The number of alkyl halides is 1. The van der Waals surface area contributed by atoms with Gasteiger partial charge in [0.2, 0.25) is 41.4 Å². The summed E-state index contributed by atoms with van der Waals surface area (Å²) in [4.78, 5) is 170. The number of aliphatic hydroxyl groups is 2. The van der Waals surface area contributed by atoms with Gasteiger partial charge in [-0.05, 0) is 105 Å². The molecule has 2 aliphatic rings. The van der Waals surface area contributed by atoms with Crippen molar-refractivity contribution in [1.82, 2.24) is 31.9 Å². The number of nitrogens with two attached hydrogens (primary N) is 1. The Bertz CT molecular complexity index is 2940. The average molecular weight is 1330 g/mol. The molecule has 94 heavy (non-hydrogen) atoms. The summed E-state index contributed by atoms with van der Waals surface area (Å²) in [5.41, 5.74) is 4.91. The standard InChI is InChI=1S/C70H104FN7O15S/c1-13-38(6)52(34-54(81)53(27-28-58(72)85)73-65(88)47(36-79)32-56(83)59(39(7)14-2)74-64(87)46(17-5)31-45-23-25-51(26-24-45)94-50-21-19-18-20-22-50)67(90)75-60(40(8)15-3)57(84)33-48(37-80)66(89)76-62-44(12)93-68(91)61(41(9)16-4)77-69(92)70(35-49(70)30-43(11)71)78-63(86)42(10)29-55(62)82/h18-26,38-44,46-49,52-53,59-62,79-80H,13-17,27-37H2,1-12H3,(H2,72,85)(H,73,88)(H,74,87)(H,75,90)(H,76,89)(H,77,92)(H,78,86)/t38-,39-,40-,41-,42+,43?,44-,46+,47-,48-,49+,52+,53+,59-,60-,61-,62+,70+/m0/s1. The molecule has 1 saturated heterocycles. The van der Waals surface area contributed by atoms with Gasteiger partial charge >= 0.3 is 5.97 Å². The van der Waals surface area contributed by atoms with Gasteiger partial charge in [-0.3, -0.25) is 52.7 Å². The van der Waals surface area contributed by atoms with Gasteiger partial charge in [0.1, 0.15) is 23.7 Å². The number of hydrogen-bond donors (Lipinski definition) is 9. The minimum Gasteiger partial charge on any atom is -0.458 e. The second kappa shape index (κ2) is 38.0. The number of carbonyl (C=O) groups is 12. The number of benzene rings is 2. The molecule has 10 N–H and O–H groups in total. The summed E-state index contributed by atoms with van der Waals surface area (Å²) < 4.78 is 20.1. The van der Waals surface area contributed by atoms with Gasteiger partial charge in [0.05, 0.1) is 49.3 Å². The van der Waals surface area contributed by atoms with Crippen LogP contribution in [-0.4, -0.2) is 142 Å². The van der Waals surface area contributed by atoms with E-state index in [0.717, 1.165) is 15.4 Å². The van der Waals surface area contributed by atoms with E-state index in [-0.39, 0.29) is 37.5 Å². The highest BCUT2D eigenvalue weighted by atomic mass is 32.2. The van der Waals surface area contributed by atoms with Gasteiger partial charge in [0.15, 0.2) is 23.1 Å². The quantitative estimate of drug-likeness (QED) is 0.0342. The Morgan fingerprint density at radius 1 is 0.681 bits per heavy atom. The summed E-state index contributed by atoms with van der Waals surface area (Å²) in [6, 6.07) is 11.2. The summed E-state index contributed by atoms with van der Waals surface area (Å²) in [6.07, 6.45) is -3.18. The fourth-order valence-electron chi connectivity index (χ4n) is 11.8. The van der Waals surface area contributed by atoms with Gasteiger partial charge in [-0.1, -0.05) is 137 Å². The van der Waals surface area contributed by atoms with Crippen LogP contribution in [0.2, 0.25) is 0 Å². The summed E-state index contributed by atoms with van der Waals surface area (Å²) in [5, 5.41) is 37.6. The first-order valence-corrected chi connectivity index (χ1v) is 34.4. The van der Waals surface area contributed by atoms with Crippen LogP contribution >= 0.6 is 11.8 Å². The molecule has 7 amide bonds. The van der Waals surface area contributed by atoms with Gasteiger partial charge in [0, 0.05) is 59.6 Å². The number of halogens is 1. The zero-order chi connectivity index (χ0) is 70.3. The Morgan fingerprint density at radius 2 is 1.22 bits per heavy atom. The molecule has 1 aliphatic heterocycles. The van der Waals surface area contributed by atoms with Crippen molar-refractivity contribution in [3.63, 3.8) is 0 Å². The Morgan fingerprint density at radius 3 is 1.74 bits per heavy atom. The number of ketones is 4. The SMILES string of the molecule is CC[C@H](Cc1ccc(Sc2ccccc2)cc1)C(=O)N[C@H](C(=O)C[C@@H](CO)C(=O)N[C@H](CCC(N)=O)C(=O)C[C@@H](C(=O)N[C@H](C(=O)C[C@@H](CO)C(=O)N[C@H]1C(=O)C[C@@H](C)C(=O)N[C@@]2(C[C@H]2CC(C)F)C(=O)N[C@@H]([C@@H](C)CC)C(=O)O[C@H]1C)[C@@H](C)CC)[C@@H](C)CC)[C@@H](C)CC. The number of esters is 1. The minimum atomic E-state index is -1.63. The van der Waals surface area contributed by atoms with Crippen LogP contribution in [-0.2, 0) is 68.7 Å². The third-order valence-electron chi connectivity index (χ3n) is 19.1. The van der Waals surface area contributed by atoms with Crippen LogP contribution in [0.5, 0.6) is 0 Å². The van der Waals surface area contributed by atoms with Crippen LogP contribution in [0.15, 0.2) is 64.4 Å². The van der Waals surface area contributed by atoms with Crippen LogP contribution in [0.3, 0.4) is 0 Å². The maximum atomic E-state index is 14.6. The topological polar surface area (TPSA) is 353 Å². The van der Waals surface area contributed by atoms with E-state index in [2.05, 4.69) is 31.9 Å². The molecule has 1 saturated carbocycles. The van der Waals surface area contributed by atoms with E-state index in [1.54, 1.807) is 60.2 Å². The maximum absolute atomic E-state index is 14.6. The fourth-order valence-corrected chi connectivity index (χ4v) is 12.6.